The Morgan fingerprint density at radius 3 is 2.65 bits per heavy atom. The fourth-order valence-electron chi connectivity index (χ4n) is 3.62. The quantitative estimate of drug-likeness (QED) is 0.888. The molecule has 1 atom stereocenters. The maximum atomic E-state index is 12.6. The molecule has 1 aromatic rings. The number of amides is 3. The summed E-state index contributed by atoms with van der Waals surface area (Å²) >= 11 is 0. The van der Waals surface area contributed by atoms with E-state index in [9.17, 15) is 9.59 Å². The first-order valence-corrected chi connectivity index (χ1v) is 9.48. The number of pyridine rings is 1. The van der Waals surface area contributed by atoms with Crippen LogP contribution in [-0.2, 0) is 11.3 Å². The van der Waals surface area contributed by atoms with Gasteiger partial charge in [0.05, 0.1) is 5.92 Å². The van der Waals surface area contributed by atoms with Crippen molar-refractivity contribution in [1.82, 2.24) is 20.1 Å². The van der Waals surface area contributed by atoms with Gasteiger partial charge in [-0.3, -0.25) is 4.79 Å². The summed E-state index contributed by atoms with van der Waals surface area (Å²) < 4.78 is 0. The summed E-state index contributed by atoms with van der Waals surface area (Å²) in [5.41, 5.74) is 1.03. The topological polar surface area (TPSA) is 68.8 Å². The molecule has 3 rings (SSSR count). The number of nitrogens with one attached hydrogen (secondary N) is 1. The molecule has 0 aromatic carbocycles. The second kappa shape index (κ2) is 8.38. The fraction of sp³-hybridized carbons (Fsp3) is 0.632. The first-order chi connectivity index (χ1) is 12.5. The fourth-order valence-corrected chi connectivity index (χ4v) is 3.62. The second-order valence-corrected chi connectivity index (χ2v) is 7.40. The minimum absolute atomic E-state index is 0.0344. The highest BCUT2D eigenvalue weighted by atomic mass is 16.2. The zero-order chi connectivity index (χ0) is 18.5. The number of rotatable bonds is 4. The van der Waals surface area contributed by atoms with E-state index in [1.807, 2.05) is 40.9 Å². The van der Waals surface area contributed by atoms with E-state index >= 15 is 0 Å². The number of aromatic nitrogens is 1. The first-order valence-electron chi connectivity index (χ1n) is 9.48. The number of nitrogens with zero attached hydrogens (tertiary/aromatic N) is 4. The van der Waals surface area contributed by atoms with E-state index in [0.29, 0.717) is 13.1 Å². The molecule has 2 aliphatic rings. The van der Waals surface area contributed by atoms with Crippen LogP contribution in [0.1, 0.15) is 31.2 Å². The SMILES string of the molecule is CN(C)c1cc(CNC(=O)C2CCCN(C(=O)N3CCCC3)C2)ccn1. The van der Waals surface area contributed by atoms with Crippen LogP contribution in [0.2, 0.25) is 0 Å². The van der Waals surface area contributed by atoms with E-state index < -0.39 is 0 Å². The van der Waals surface area contributed by atoms with Crippen LogP contribution in [0.25, 0.3) is 0 Å². The van der Waals surface area contributed by atoms with Crippen LogP contribution in [-0.4, -0.2) is 67.0 Å². The largest absolute Gasteiger partial charge is 0.363 e. The molecule has 26 heavy (non-hydrogen) atoms. The van der Waals surface area contributed by atoms with Crippen molar-refractivity contribution < 1.29 is 9.59 Å². The van der Waals surface area contributed by atoms with Gasteiger partial charge in [0.2, 0.25) is 5.91 Å². The lowest BCUT2D eigenvalue weighted by atomic mass is 9.97. The summed E-state index contributed by atoms with van der Waals surface area (Å²) in [7, 11) is 3.89. The highest BCUT2D eigenvalue weighted by Crippen LogP contribution is 2.20. The molecule has 2 fully saturated rings. The summed E-state index contributed by atoms with van der Waals surface area (Å²) in [6, 6.07) is 3.99. The number of carbonyl (C=O) groups excluding carboxylic acids is 2. The molecule has 1 N–H and O–H groups in total. The lowest BCUT2D eigenvalue weighted by Gasteiger charge is -2.34. The van der Waals surface area contributed by atoms with Crippen LogP contribution in [0, 0.1) is 5.92 Å². The van der Waals surface area contributed by atoms with Crippen LogP contribution in [0.5, 0.6) is 0 Å². The lowest BCUT2D eigenvalue weighted by molar-refractivity contribution is -0.126. The van der Waals surface area contributed by atoms with Gasteiger partial charge in [-0.2, -0.15) is 0 Å². The zero-order valence-corrected chi connectivity index (χ0v) is 15.8. The normalized spacial score (nSPS) is 20.2. The van der Waals surface area contributed by atoms with Gasteiger partial charge in [0, 0.05) is 53.0 Å². The van der Waals surface area contributed by atoms with Crippen molar-refractivity contribution in [1.29, 1.82) is 0 Å². The second-order valence-electron chi connectivity index (χ2n) is 7.40. The van der Waals surface area contributed by atoms with Gasteiger partial charge < -0.3 is 20.0 Å². The predicted octanol–water partition coefficient (Wildman–Crippen LogP) is 1.69. The van der Waals surface area contributed by atoms with Crippen LogP contribution < -0.4 is 10.2 Å². The Morgan fingerprint density at radius 1 is 1.19 bits per heavy atom. The van der Waals surface area contributed by atoms with Crippen molar-refractivity contribution in [3.05, 3.63) is 23.9 Å². The molecular weight excluding hydrogens is 330 g/mol. The minimum Gasteiger partial charge on any atom is -0.363 e. The van der Waals surface area contributed by atoms with Crippen molar-refractivity contribution in [2.24, 2.45) is 5.92 Å². The van der Waals surface area contributed by atoms with E-state index in [2.05, 4.69) is 10.3 Å². The number of urea groups is 1. The van der Waals surface area contributed by atoms with Crippen molar-refractivity contribution in [2.75, 3.05) is 45.2 Å². The number of carbonyl (C=O) groups is 2. The number of anilines is 1. The van der Waals surface area contributed by atoms with Crippen LogP contribution in [0.15, 0.2) is 18.3 Å². The van der Waals surface area contributed by atoms with Crippen molar-refractivity contribution in [3.8, 4) is 0 Å². The van der Waals surface area contributed by atoms with E-state index in [-0.39, 0.29) is 17.9 Å². The van der Waals surface area contributed by atoms with Crippen molar-refractivity contribution in [2.45, 2.75) is 32.2 Å². The summed E-state index contributed by atoms with van der Waals surface area (Å²) in [6.07, 6.45) is 5.66. The lowest BCUT2D eigenvalue weighted by Crippen LogP contribution is -2.49. The molecule has 7 heteroatoms. The third-order valence-corrected chi connectivity index (χ3v) is 5.17. The Bertz CT molecular complexity index is 643. The summed E-state index contributed by atoms with van der Waals surface area (Å²) in [5.74, 6) is 0.786. The van der Waals surface area contributed by atoms with Crippen molar-refractivity contribution >= 4 is 17.8 Å². The van der Waals surface area contributed by atoms with Gasteiger partial charge in [-0.05, 0) is 43.4 Å². The third-order valence-electron chi connectivity index (χ3n) is 5.17. The Morgan fingerprint density at radius 2 is 1.92 bits per heavy atom. The van der Waals surface area contributed by atoms with Gasteiger partial charge in [0.15, 0.2) is 0 Å². The van der Waals surface area contributed by atoms with Crippen LogP contribution in [0.4, 0.5) is 10.6 Å². The van der Waals surface area contributed by atoms with Gasteiger partial charge in [-0.1, -0.05) is 0 Å². The molecule has 0 radical (unpaired) electrons. The predicted molar refractivity (Wildman–Crippen MR) is 101 cm³/mol. The molecule has 1 aromatic heterocycles. The van der Waals surface area contributed by atoms with Gasteiger partial charge in [0.1, 0.15) is 5.82 Å². The van der Waals surface area contributed by atoms with Crippen LogP contribution >= 0.6 is 0 Å². The monoisotopic (exact) mass is 359 g/mol. The molecule has 0 spiro atoms. The molecule has 2 saturated heterocycles. The third kappa shape index (κ3) is 4.45. The zero-order valence-electron chi connectivity index (χ0n) is 15.8. The number of hydrogen-bond donors (Lipinski definition) is 1. The van der Waals surface area contributed by atoms with E-state index in [1.165, 1.54) is 0 Å². The summed E-state index contributed by atoms with van der Waals surface area (Å²) in [5, 5.41) is 3.03. The Balaban J connectivity index is 1.52. The minimum atomic E-state index is -0.120. The highest BCUT2D eigenvalue weighted by molar-refractivity contribution is 5.81. The van der Waals surface area contributed by atoms with Gasteiger partial charge in [0.25, 0.3) is 0 Å². The molecule has 0 saturated carbocycles. The average Bonchev–Trinajstić information content (AvgIpc) is 3.20. The highest BCUT2D eigenvalue weighted by Gasteiger charge is 2.31. The molecule has 1 unspecified atom stereocenters. The molecule has 2 aliphatic heterocycles. The Hall–Kier alpha value is -2.31. The van der Waals surface area contributed by atoms with E-state index in [0.717, 1.165) is 56.7 Å². The summed E-state index contributed by atoms with van der Waals surface area (Å²) in [6.45, 7) is 3.47. The standard InChI is InChI=1S/C19H29N5O2/c1-22(2)17-12-15(7-8-20-17)13-21-18(25)16-6-5-11-24(14-16)19(26)23-9-3-4-10-23/h7-8,12,16H,3-6,9-11,13-14H2,1-2H3,(H,21,25). The number of piperidine rings is 1. The number of hydrogen-bond acceptors (Lipinski definition) is 4. The molecule has 0 aliphatic carbocycles. The molecule has 142 valence electrons. The smallest absolute Gasteiger partial charge is 0.320 e. The van der Waals surface area contributed by atoms with Gasteiger partial charge in [-0.25, -0.2) is 9.78 Å². The van der Waals surface area contributed by atoms with Crippen LogP contribution in [0.3, 0.4) is 0 Å². The molecule has 0 bridgehead atoms. The Labute approximate surface area is 155 Å². The molecular formula is C19H29N5O2. The van der Waals surface area contributed by atoms with Crippen molar-refractivity contribution in [3.63, 3.8) is 0 Å². The summed E-state index contributed by atoms with van der Waals surface area (Å²) in [4.78, 5) is 35.1. The first kappa shape index (κ1) is 18.5. The average molecular weight is 359 g/mol. The molecule has 3 amide bonds. The van der Waals surface area contributed by atoms with Gasteiger partial charge >= 0.3 is 6.03 Å². The number of likely N-dealkylation sites (tertiary alicyclic amines) is 2. The molecule has 7 nitrogen and oxygen atoms in total. The van der Waals surface area contributed by atoms with E-state index in [4.69, 9.17) is 0 Å². The van der Waals surface area contributed by atoms with E-state index in [1.54, 1.807) is 6.20 Å². The maximum Gasteiger partial charge on any atom is 0.320 e. The van der Waals surface area contributed by atoms with Gasteiger partial charge in [-0.15, -0.1) is 0 Å². The molecule has 3 heterocycles. The Kier molecular flexibility index (Phi) is 5.96. The maximum absolute atomic E-state index is 12.6.